The van der Waals surface area contributed by atoms with Gasteiger partial charge in [0.1, 0.15) is 5.82 Å². The second-order valence-corrected chi connectivity index (χ2v) is 5.21. The molecule has 4 nitrogen and oxygen atoms in total. The predicted octanol–water partition coefficient (Wildman–Crippen LogP) is 2.88. The summed E-state index contributed by atoms with van der Waals surface area (Å²) in [7, 11) is 0. The van der Waals surface area contributed by atoms with Crippen molar-refractivity contribution in [3.63, 3.8) is 0 Å². The van der Waals surface area contributed by atoms with Crippen LogP contribution in [0.2, 0.25) is 0 Å². The maximum Gasteiger partial charge on any atom is 0.345 e. The normalized spacial score (nSPS) is 17.1. The molecule has 1 aromatic carbocycles. The van der Waals surface area contributed by atoms with Gasteiger partial charge in [-0.15, -0.1) is 0 Å². The van der Waals surface area contributed by atoms with Gasteiger partial charge in [-0.05, 0) is 30.9 Å². The van der Waals surface area contributed by atoms with Crippen molar-refractivity contribution in [2.75, 3.05) is 13.1 Å². The lowest BCUT2D eigenvalue weighted by molar-refractivity contribution is 0.173. The van der Waals surface area contributed by atoms with Crippen molar-refractivity contribution in [1.82, 2.24) is 14.7 Å². The van der Waals surface area contributed by atoms with Gasteiger partial charge < -0.3 is 4.90 Å². The second-order valence-electron chi connectivity index (χ2n) is 5.21. The molecule has 1 amide bonds. The summed E-state index contributed by atoms with van der Waals surface area (Å²) in [6, 6.07) is 4.21. The van der Waals surface area contributed by atoms with Gasteiger partial charge in [-0.25, -0.2) is 9.18 Å². The van der Waals surface area contributed by atoms with E-state index in [2.05, 4.69) is 12.0 Å². The van der Waals surface area contributed by atoms with Crippen molar-refractivity contribution in [2.24, 2.45) is 5.92 Å². The largest absolute Gasteiger partial charge is 0.345 e. The Kier molecular flexibility index (Phi) is 2.97. The number of carbonyl (C=O) groups is 1. The van der Waals surface area contributed by atoms with Gasteiger partial charge in [0, 0.05) is 24.5 Å². The molecule has 100 valence electrons. The Hall–Kier alpha value is -1.91. The minimum absolute atomic E-state index is 0.160. The lowest BCUT2D eigenvalue weighted by Gasteiger charge is -2.29. The van der Waals surface area contributed by atoms with Crippen molar-refractivity contribution in [2.45, 2.75) is 19.8 Å². The number of aromatic nitrogens is 2. The SMILES string of the molecule is CC1CCN(C(=O)n2ncc3ccc(F)cc32)CC1. The maximum absolute atomic E-state index is 13.3. The lowest BCUT2D eigenvalue weighted by Crippen LogP contribution is -2.40. The second kappa shape index (κ2) is 4.64. The molecule has 0 N–H and O–H groups in total. The Morgan fingerprint density at radius 1 is 1.37 bits per heavy atom. The Morgan fingerprint density at radius 2 is 2.11 bits per heavy atom. The van der Waals surface area contributed by atoms with Gasteiger partial charge in [0.25, 0.3) is 0 Å². The van der Waals surface area contributed by atoms with Gasteiger partial charge in [0.05, 0.1) is 11.7 Å². The van der Waals surface area contributed by atoms with E-state index in [0.29, 0.717) is 11.4 Å². The van der Waals surface area contributed by atoms with Crippen LogP contribution >= 0.6 is 0 Å². The van der Waals surface area contributed by atoms with Crippen LogP contribution in [-0.4, -0.2) is 33.8 Å². The zero-order valence-corrected chi connectivity index (χ0v) is 10.8. The molecule has 1 aliphatic heterocycles. The molecule has 1 fully saturated rings. The first-order chi connectivity index (χ1) is 9.15. The molecule has 19 heavy (non-hydrogen) atoms. The molecular weight excluding hydrogens is 245 g/mol. The zero-order chi connectivity index (χ0) is 13.4. The van der Waals surface area contributed by atoms with Crippen LogP contribution in [-0.2, 0) is 0 Å². The number of piperidine rings is 1. The van der Waals surface area contributed by atoms with Crippen molar-refractivity contribution in [1.29, 1.82) is 0 Å². The number of hydrogen-bond acceptors (Lipinski definition) is 2. The summed E-state index contributed by atoms with van der Waals surface area (Å²) in [4.78, 5) is 14.2. The molecule has 0 saturated carbocycles. The van der Waals surface area contributed by atoms with E-state index in [1.165, 1.54) is 16.8 Å². The van der Waals surface area contributed by atoms with Gasteiger partial charge in [-0.2, -0.15) is 9.78 Å². The molecule has 0 atom stereocenters. The molecule has 0 spiro atoms. The highest BCUT2D eigenvalue weighted by Gasteiger charge is 2.23. The number of nitrogens with zero attached hydrogens (tertiary/aromatic N) is 3. The number of rotatable bonds is 0. The highest BCUT2D eigenvalue weighted by Crippen LogP contribution is 2.19. The van der Waals surface area contributed by atoms with E-state index in [-0.39, 0.29) is 11.8 Å². The number of carbonyl (C=O) groups excluding carboxylic acids is 1. The summed E-state index contributed by atoms with van der Waals surface area (Å²) >= 11 is 0. The van der Waals surface area contributed by atoms with Crippen LogP contribution in [0.4, 0.5) is 9.18 Å². The topological polar surface area (TPSA) is 38.1 Å². The Balaban J connectivity index is 1.91. The first-order valence-corrected chi connectivity index (χ1v) is 6.58. The summed E-state index contributed by atoms with van der Waals surface area (Å²) < 4.78 is 14.6. The summed E-state index contributed by atoms with van der Waals surface area (Å²) in [6.07, 6.45) is 3.62. The number of amides is 1. The van der Waals surface area contributed by atoms with Gasteiger partial charge in [0.15, 0.2) is 0 Å². The minimum Gasteiger partial charge on any atom is -0.323 e. The van der Waals surface area contributed by atoms with E-state index in [9.17, 15) is 9.18 Å². The number of hydrogen-bond donors (Lipinski definition) is 0. The molecular formula is C14H16FN3O. The van der Waals surface area contributed by atoms with Crippen LogP contribution in [0.1, 0.15) is 19.8 Å². The average molecular weight is 261 g/mol. The van der Waals surface area contributed by atoms with Crippen LogP contribution in [0.25, 0.3) is 10.9 Å². The highest BCUT2D eigenvalue weighted by molar-refractivity contribution is 5.89. The third kappa shape index (κ3) is 2.20. The summed E-state index contributed by atoms with van der Waals surface area (Å²) in [5.74, 6) is 0.310. The standard InChI is InChI=1S/C14H16FN3O/c1-10-4-6-17(7-5-10)14(19)18-13-8-12(15)3-2-11(13)9-16-18/h2-3,8-10H,4-7H2,1H3. The molecule has 2 heterocycles. The average Bonchev–Trinajstić information content (AvgIpc) is 2.81. The Labute approximate surface area is 110 Å². The van der Waals surface area contributed by atoms with Crippen LogP contribution in [0.3, 0.4) is 0 Å². The number of likely N-dealkylation sites (tertiary alicyclic amines) is 1. The van der Waals surface area contributed by atoms with E-state index < -0.39 is 0 Å². The number of fused-ring (bicyclic) bond motifs is 1. The Bertz CT molecular complexity index is 614. The molecule has 3 rings (SSSR count). The van der Waals surface area contributed by atoms with E-state index in [1.54, 1.807) is 17.2 Å². The summed E-state index contributed by atoms with van der Waals surface area (Å²) in [5.41, 5.74) is 0.531. The lowest BCUT2D eigenvalue weighted by atomic mass is 10.00. The Morgan fingerprint density at radius 3 is 2.84 bits per heavy atom. The molecule has 0 unspecified atom stereocenters. The molecule has 0 radical (unpaired) electrons. The predicted molar refractivity (Wildman–Crippen MR) is 70.5 cm³/mol. The molecule has 0 bridgehead atoms. The fourth-order valence-electron chi connectivity index (χ4n) is 2.48. The maximum atomic E-state index is 13.3. The van der Waals surface area contributed by atoms with E-state index in [1.807, 2.05) is 0 Å². The highest BCUT2D eigenvalue weighted by atomic mass is 19.1. The molecule has 1 saturated heterocycles. The van der Waals surface area contributed by atoms with Crippen LogP contribution in [0, 0.1) is 11.7 Å². The van der Waals surface area contributed by atoms with Crippen LogP contribution in [0.15, 0.2) is 24.4 Å². The van der Waals surface area contributed by atoms with Crippen molar-refractivity contribution in [3.05, 3.63) is 30.2 Å². The van der Waals surface area contributed by atoms with Crippen molar-refractivity contribution < 1.29 is 9.18 Å². The first-order valence-electron chi connectivity index (χ1n) is 6.58. The van der Waals surface area contributed by atoms with E-state index in [0.717, 1.165) is 31.3 Å². The quantitative estimate of drug-likeness (QED) is 0.731. The molecule has 0 aliphatic carbocycles. The van der Waals surface area contributed by atoms with Crippen LogP contribution in [0.5, 0.6) is 0 Å². The number of benzene rings is 1. The minimum atomic E-state index is -0.352. The summed E-state index contributed by atoms with van der Waals surface area (Å²) in [6.45, 7) is 3.69. The third-order valence-electron chi connectivity index (χ3n) is 3.77. The van der Waals surface area contributed by atoms with Crippen molar-refractivity contribution in [3.8, 4) is 0 Å². The smallest absolute Gasteiger partial charge is 0.323 e. The molecule has 1 aromatic heterocycles. The third-order valence-corrected chi connectivity index (χ3v) is 3.77. The van der Waals surface area contributed by atoms with Gasteiger partial charge in [0.2, 0.25) is 0 Å². The summed E-state index contributed by atoms with van der Waals surface area (Å²) in [5, 5.41) is 4.87. The van der Waals surface area contributed by atoms with E-state index >= 15 is 0 Å². The molecule has 5 heteroatoms. The van der Waals surface area contributed by atoms with Gasteiger partial charge >= 0.3 is 6.03 Å². The van der Waals surface area contributed by atoms with Gasteiger partial charge in [-0.3, -0.25) is 0 Å². The van der Waals surface area contributed by atoms with Gasteiger partial charge in [-0.1, -0.05) is 6.92 Å². The fourth-order valence-corrected chi connectivity index (χ4v) is 2.48. The number of halogens is 1. The monoisotopic (exact) mass is 261 g/mol. The molecule has 2 aromatic rings. The molecule has 1 aliphatic rings. The first kappa shape index (κ1) is 12.1. The van der Waals surface area contributed by atoms with E-state index in [4.69, 9.17) is 0 Å². The van der Waals surface area contributed by atoms with Crippen molar-refractivity contribution >= 4 is 16.9 Å². The fraction of sp³-hybridized carbons (Fsp3) is 0.429. The zero-order valence-electron chi connectivity index (χ0n) is 10.8. The van der Waals surface area contributed by atoms with Crippen LogP contribution < -0.4 is 0 Å².